The van der Waals surface area contributed by atoms with Gasteiger partial charge in [0, 0.05) is 22.5 Å². The van der Waals surface area contributed by atoms with E-state index >= 15 is 0 Å². The summed E-state index contributed by atoms with van der Waals surface area (Å²) in [5.74, 6) is 1.30. The van der Waals surface area contributed by atoms with Crippen molar-refractivity contribution in [3.8, 4) is 5.75 Å². The van der Waals surface area contributed by atoms with Crippen LogP contribution in [0.5, 0.6) is 5.75 Å². The van der Waals surface area contributed by atoms with Gasteiger partial charge in [0.15, 0.2) is 15.6 Å². The summed E-state index contributed by atoms with van der Waals surface area (Å²) >= 11 is 6.05. The van der Waals surface area contributed by atoms with Crippen LogP contribution in [0.1, 0.15) is 11.1 Å². The molecule has 0 fully saturated rings. The topological polar surface area (TPSA) is 88.4 Å². The molecular formula is C25H25ClN2O5S. The zero-order valence-corrected chi connectivity index (χ0v) is 20.4. The van der Waals surface area contributed by atoms with Gasteiger partial charge in [0.1, 0.15) is 11.6 Å². The van der Waals surface area contributed by atoms with Gasteiger partial charge >= 0.3 is 0 Å². The molecule has 1 heterocycles. The Hall–Kier alpha value is -2.91. The second-order valence-electron chi connectivity index (χ2n) is 8.12. The molecule has 1 aliphatic rings. The number of aliphatic imine (C=N–C) groups is 1. The second-order valence-corrected chi connectivity index (χ2v) is 10.6. The molecule has 1 N–H and O–H groups in total. The van der Waals surface area contributed by atoms with Crippen LogP contribution in [0.4, 0.5) is 5.69 Å². The van der Waals surface area contributed by atoms with E-state index < -0.39 is 15.6 Å². The molecule has 0 bridgehead atoms. The van der Waals surface area contributed by atoms with Crippen LogP contribution >= 0.6 is 11.6 Å². The normalized spacial score (nSPS) is 18.1. The molecule has 178 valence electrons. The van der Waals surface area contributed by atoms with Crippen molar-refractivity contribution in [2.45, 2.75) is 17.2 Å². The Labute approximate surface area is 204 Å². The summed E-state index contributed by atoms with van der Waals surface area (Å²) in [5.41, 5.74) is 0.920. The van der Waals surface area contributed by atoms with Gasteiger partial charge in [-0.2, -0.15) is 0 Å². The van der Waals surface area contributed by atoms with E-state index in [0.29, 0.717) is 23.2 Å². The van der Waals surface area contributed by atoms with Gasteiger partial charge in [-0.15, -0.1) is 0 Å². The molecule has 34 heavy (non-hydrogen) atoms. The number of anilines is 1. The van der Waals surface area contributed by atoms with Crippen LogP contribution in [0.3, 0.4) is 0 Å². The van der Waals surface area contributed by atoms with Crippen LogP contribution in [0.2, 0.25) is 5.02 Å². The van der Waals surface area contributed by atoms with Gasteiger partial charge < -0.3 is 19.5 Å². The van der Waals surface area contributed by atoms with Gasteiger partial charge in [-0.3, -0.25) is 0 Å². The van der Waals surface area contributed by atoms with Crippen LogP contribution < -0.4 is 9.64 Å². The molecule has 9 heteroatoms. The maximum Gasteiger partial charge on any atom is 0.200 e. The molecule has 0 saturated heterocycles. The highest BCUT2D eigenvalue weighted by Crippen LogP contribution is 2.30. The smallest absolute Gasteiger partial charge is 0.200 e. The summed E-state index contributed by atoms with van der Waals surface area (Å²) in [7, 11) is -1.71. The van der Waals surface area contributed by atoms with E-state index in [0.717, 1.165) is 23.1 Å². The first-order valence-corrected chi connectivity index (χ1v) is 12.8. The minimum atomic E-state index is -3.32. The van der Waals surface area contributed by atoms with E-state index in [1.54, 1.807) is 43.5 Å². The Kier molecular flexibility index (Phi) is 6.95. The fraction of sp³-hybridized carbons (Fsp3) is 0.240. The number of benzene rings is 3. The van der Waals surface area contributed by atoms with E-state index in [1.807, 2.05) is 41.3 Å². The Balaban J connectivity index is 1.56. The van der Waals surface area contributed by atoms with E-state index in [-0.39, 0.29) is 18.0 Å². The lowest BCUT2D eigenvalue weighted by molar-refractivity contribution is -0.0345. The number of ether oxygens (including phenoxy) is 2. The molecule has 0 amide bonds. The lowest BCUT2D eigenvalue weighted by Crippen LogP contribution is -2.39. The standard InChI is InChI=1S/C25H25ClN2O5S/c1-32-22-11-3-18(4-12-22)15-33-17-25(29)16-28(21-9-13-23(14-10-21)34(2,30)31)24(27-25)19-5-7-20(26)8-6-19/h3-14,29H,15-17H2,1-2H3. The van der Waals surface area contributed by atoms with E-state index in [1.165, 1.54) is 0 Å². The zero-order valence-electron chi connectivity index (χ0n) is 18.8. The first-order valence-electron chi connectivity index (χ1n) is 10.5. The number of rotatable bonds is 8. The Morgan fingerprint density at radius 1 is 1.03 bits per heavy atom. The number of aliphatic hydroxyl groups is 1. The number of nitrogens with zero attached hydrogens (tertiary/aromatic N) is 2. The third-order valence-electron chi connectivity index (χ3n) is 5.42. The molecule has 1 aliphatic heterocycles. The highest BCUT2D eigenvalue weighted by atomic mass is 35.5. The van der Waals surface area contributed by atoms with Gasteiger partial charge in [-0.1, -0.05) is 23.7 Å². The van der Waals surface area contributed by atoms with Crippen molar-refractivity contribution < 1.29 is 23.0 Å². The SMILES string of the molecule is COc1ccc(COCC2(O)CN(c3ccc(S(C)(=O)=O)cc3)C(c3ccc(Cl)cc3)=N2)cc1. The molecule has 3 aromatic carbocycles. The van der Waals surface area contributed by atoms with E-state index in [4.69, 9.17) is 21.1 Å². The van der Waals surface area contributed by atoms with E-state index in [9.17, 15) is 13.5 Å². The number of methoxy groups -OCH3 is 1. The summed E-state index contributed by atoms with van der Waals surface area (Å²) in [6, 6.07) is 21.1. The molecule has 1 atom stereocenters. The molecule has 0 aromatic heterocycles. The summed E-state index contributed by atoms with van der Waals surface area (Å²) in [5, 5.41) is 11.8. The Bertz CT molecular complexity index is 1280. The summed E-state index contributed by atoms with van der Waals surface area (Å²) in [4.78, 5) is 6.66. The highest BCUT2D eigenvalue weighted by Gasteiger charge is 2.39. The van der Waals surface area contributed by atoms with Crippen LogP contribution in [0, 0.1) is 0 Å². The van der Waals surface area contributed by atoms with Gasteiger partial charge in [0.2, 0.25) is 0 Å². The maximum absolute atomic E-state index is 11.8. The quantitative estimate of drug-likeness (QED) is 0.504. The van der Waals surface area contributed by atoms with Crippen LogP contribution in [0.25, 0.3) is 0 Å². The van der Waals surface area contributed by atoms with Gasteiger partial charge in [-0.25, -0.2) is 13.4 Å². The molecule has 3 aromatic rings. The maximum atomic E-state index is 11.8. The number of halogens is 1. The number of β-amino-alcohol motifs (C(OH)–C–C–N with tert-alkyl or cyclic N) is 1. The van der Waals surface area contributed by atoms with Crippen molar-refractivity contribution >= 4 is 33.0 Å². The lowest BCUT2D eigenvalue weighted by Gasteiger charge is -2.24. The monoisotopic (exact) mass is 500 g/mol. The average Bonchev–Trinajstić information content (AvgIpc) is 3.17. The van der Waals surface area contributed by atoms with Gasteiger partial charge in [-0.05, 0) is 66.2 Å². The van der Waals surface area contributed by atoms with Crippen molar-refractivity contribution in [2.24, 2.45) is 4.99 Å². The molecule has 4 rings (SSSR count). The van der Waals surface area contributed by atoms with Crippen molar-refractivity contribution in [1.82, 2.24) is 0 Å². The molecule has 0 saturated carbocycles. The average molecular weight is 501 g/mol. The molecule has 0 aliphatic carbocycles. The second kappa shape index (κ2) is 9.76. The minimum Gasteiger partial charge on any atom is -0.497 e. The van der Waals surface area contributed by atoms with Crippen molar-refractivity contribution in [3.63, 3.8) is 0 Å². The summed E-state index contributed by atoms with van der Waals surface area (Å²) in [6.45, 7) is 0.432. The van der Waals surface area contributed by atoms with Crippen molar-refractivity contribution in [3.05, 3.63) is 88.9 Å². The fourth-order valence-electron chi connectivity index (χ4n) is 3.66. The van der Waals surface area contributed by atoms with Crippen LogP contribution in [0.15, 0.2) is 82.7 Å². The minimum absolute atomic E-state index is 0.0198. The number of sulfone groups is 1. The Morgan fingerprint density at radius 3 is 2.26 bits per heavy atom. The molecular weight excluding hydrogens is 476 g/mol. The summed E-state index contributed by atoms with van der Waals surface area (Å²) in [6.07, 6.45) is 1.16. The first kappa shape index (κ1) is 24.2. The van der Waals surface area contributed by atoms with Gasteiger partial charge in [0.25, 0.3) is 0 Å². The zero-order chi connectivity index (χ0) is 24.3. The highest BCUT2D eigenvalue weighted by molar-refractivity contribution is 7.90. The van der Waals surface area contributed by atoms with Crippen molar-refractivity contribution in [1.29, 1.82) is 0 Å². The van der Waals surface area contributed by atoms with Crippen LogP contribution in [-0.4, -0.2) is 51.6 Å². The molecule has 0 spiro atoms. The van der Waals surface area contributed by atoms with Crippen molar-refractivity contribution in [2.75, 3.05) is 31.4 Å². The van der Waals surface area contributed by atoms with E-state index in [2.05, 4.69) is 4.99 Å². The van der Waals surface area contributed by atoms with Gasteiger partial charge in [0.05, 0.1) is 31.8 Å². The number of amidine groups is 1. The molecule has 1 unspecified atom stereocenters. The fourth-order valence-corrected chi connectivity index (χ4v) is 4.42. The lowest BCUT2D eigenvalue weighted by atomic mass is 10.1. The predicted molar refractivity (Wildman–Crippen MR) is 132 cm³/mol. The van der Waals surface area contributed by atoms with Crippen LogP contribution in [-0.2, 0) is 21.2 Å². The first-order chi connectivity index (χ1) is 16.2. The molecule has 0 radical (unpaired) electrons. The third kappa shape index (κ3) is 5.59. The predicted octanol–water partition coefficient (Wildman–Crippen LogP) is 3.92. The Morgan fingerprint density at radius 2 is 1.68 bits per heavy atom. The number of hydrogen-bond donors (Lipinski definition) is 1. The largest absolute Gasteiger partial charge is 0.497 e. The third-order valence-corrected chi connectivity index (χ3v) is 6.80. The molecule has 7 nitrogen and oxygen atoms in total. The number of hydrogen-bond acceptors (Lipinski definition) is 7. The summed E-state index contributed by atoms with van der Waals surface area (Å²) < 4.78 is 34.7.